The Balaban J connectivity index is 3.04. The molecule has 0 aliphatic carbocycles. The van der Waals surface area contributed by atoms with Gasteiger partial charge in [-0.1, -0.05) is 6.92 Å². The highest BCUT2D eigenvalue weighted by Crippen LogP contribution is 2.25. The lowest BCUT2D eigenvalue weighted by atomic mass is 11.0. The summed E-state index contributed by atoms with van der Waals surface area (Å²) in [5.74, 6) is 2.18. The average Bonchev–Trinajstić information content (AvgIpc) is 1.65. The van der Waals surface area contributed by atoms with Crippen molar-refractivity contribution in [2.24, 2.45) is 0 Å². The molecule has 0 spiro atoms. The largest absolute Gasteiger partial charge is 0.193 e. The molecule has 6 heavy (non-hydrogen) atoms. The highest BCUT2D eigenvalue weighted by atomic mass is 31.1. The second-order valence-electron chi connectivity index (χ2n) is 1.11. The van der Waals surface area contributed by atoms with E-state index in [1.54, 1.807) is 0 Å². The zero-order valence-electron chi connectivity index (χ0n) is 4.10. The highest BCUT2D eigenvalue weighted by molar-refractivity contribution is 7.61. The van der Waals surface area contributed by atoms with Crippen LogP contribution < -0.4 is 0 Å². The summed E-state index contributed by atoms with van der Waals surface area (Å²) in [5, 5.41) is 8.11. The molecular formula is C4H8NP. The zero-order valence-corrected chi connectivity index (χ0v) is 5.00. The minimum Gasteiger partial charge on any atom is -0.193 e. The summed E-state index contributed by atoms with van der Waals surface area (Å²) in [4.78, 5) is 0. The summed E-state index contributed by atoms with van der Waals surface area (Å²) in [6.45, 7) is 4.02. The molecule has 0 aromatic carbocycles. The molecule has 1 atom stereocenters. The van der Waals surface area contributed by atoms with Gasteiger partial charge in [-0.05, 0) is 20.7 Å². The third kappa shape index (κ3) is 2.18. The van der Waals surface area contributed by atoms with E-state index in [0.717, 1.165) is 6.16 Å². The molecule has 0 fully saturated rings. The van der Waals surface area contributed by atoms with Crippen LogP contribution in [0.2, 0.25) is 0 Å². The second-order valence-corrected chi connectivity index (χ2v) is 3.34. The fourth-order valence-electron chi connectivity index (χ4n) is 0.0707. The standard InChI is InChI=1S/C4H8NP/c1-3-6(2)4-5/h3H2,1-2H3. The monoisotopic (exact) mass is 101 g/mol. The molecule has 0 saturated carbocycles. The van der Waals surface area contributed by atoms with Gasteiger partial charge in [0.2, 0.25) is 0 Å². The van der Waals surface area contributed by atoms with Crippen LogP contribution in [0.15, 0.2) is 0 Å². The van der Waals surface area contributed by atoms with E-state index in [2.05, 4.69) is 5.81 Å². The topological polar surface area (TPSA) is 23.8 Å². The van der Waals surface area contributed by atoms with Crippen LogP contribution in [0.4, 0.5) is 0 Å². The van der Waals surface area contributed by atoms with Gasteiger partial charge in [0.1, 0.15) is 0 Å². The Morgan fingerprint density at radius 3 is 2.33 bits per heavy atom. The van der Waals surface area contributed by atoms with E-state index in [1.807, 2.05) is 13.6 Å². The summed E-state index contributed by atoms with van der Waals surface area (Å²) >= 11 is 0. The maximum absolute atomic E-state index is 8.11. The van der Waals surface area contributed by atoms with E-state index in [0.29, 0.717) is 0 Å². The van der Waals surface area contributed by atoms with Crippen LogP contribution in [-0.4, -0.2) is 12.8 Å². The summed E-state index contributed by atoms with van der Waals surface area (Å²) in [5.41, 5.74) is 0. The van der Waals surface area contributed by atoms with Crippen molar-refractivity contribution >= 4 is 7.92 Å². The fraction of sp³-hybridized carbons (Fsp3) is 0.750. The summed E-state index contributed by atoms with van der Waals surface area (Å²) in [6, 6.07) is 0. The highest BCUT2D eigenvalue weighted by Gasteiger charge is 1.87. The van der Waals surface area contributed by atoms with Gasteiger partial charge in [0.15, 0.2) is 0 Å². The van der Waals surface area contributed by atoms with Crippen LogP contribution >= 0.6 is 7.92 Å². The normalized spacial score (nSPS) is 12.8. The average molecular weight is 101 g/mol. The molecule has 0 aliphatic heterocycles. The smallest absolute Gasteiger partial charge is 0.0869 e. The first-order valence-electron chi connectivity index (χ1n) is 1.92. The van der Waals surface area contributed by atoms with E-state index in [9.17, 15) is 0 Å². The molecule has 0 aliphatic rings. The van der Waals surface area contributed by atoms with Gasteiger partial charge in [-0.15, -0.1) is 0 Å². The van der Waals surface area contributed by atoms with Gasteiger partial charge < -0.3 is 0 Å². The van der Waals surface area contributed by atoms with Crippen molar-refractivity contribution in [3.05, 3.63) is 0 Å². The molecule has 0 heterocycles. The second kappa shape index (κ2) is 3.12. The number of nitrogens with zero attached hydrogens (tertiary/aromatic N) is 1. The molecule has 1 nitrogen and oxygen atoms in total. The fourth-order valence-corrected chi connectivity index (χ4v) is 0.212. The first-order valence-corrected chi connectivity index (χ1v) is 3.89. The quantitative estimate of drug-likeness (QED) is 0.460. The van der Waals surface area contributed by atoms with E-state index in [-0.39, 0.29) is 7.92 Å². The Morgan fingerprint density at radius 2 is 2.33 bits per heavy atom. The lowest BCUT2D eigenvalue weighted by molar-refractivity contribution is 1.49. The van der Waals surface area contributed by atoms with E-state index in [4.69, 9.17) is 5.26 Å². The van der Waals surface area contributed by atoms with Gasteiger partial charge in [0.25, 0.3) is 0 Å². The van der Waals surface area contributed by atoms with Gasteiger partial charge in [-0.2, -0.15) is 5.26 Å². The maximum Gasteiger partial charge on any atom is 0.0869 e. The predicted octanol–water partition coefficient (Wildman–Crippen LogP) is 1.60. The molecule has 0 aromatic rings. The van der Waals surface area contributed by atoms with Gasteiger partial charge >= 0.3 is 0 Å². The van der Waals surface area contributed by atoms with Crippen LogP contribution in [0.1, 0.15) is 6.92 Å². The number of rotatable bonds is 1. The SMILES string of the molecule is CCP(C)C#N. The van der Waals surface area contributed by atoms with Crippen LogP contribution in [0.5, 0.6) is 0 Å². The van der Waals surface area contributed by atoms with Gasteiger partial charge in [-0.3, -0.25) is 0 Å². The predicted molar refractivity (Wildman–Crippen MR) is 29.0 cm³/mol. The Kier molecular flexibility index (Phi) is 3.08. The molecule has 34 valence electrons. The molecule has 0 radical (unpaired) electrons. The van der Waals surface area contributed by atoms with Crippen molar-refractivity contribution in [2.45, 2.75) is 6.92 Å². The van der Waals surface area contributed by atoms with E-state index >= 15 is 0 Å². The molecule has 2 heteroatoms. The minimum atomic E-state index is -0.271. The molecular weight excluding hydrogens is 93.0 g/mol. The van der Waals surface area contributed by atoms with Crippen molar-refractivity contribution in [2.75, 3.05) is 12.8 Å². The van der Waals surface area contributed by atoms with Crippen LogP contribution in [0.3, 0.4) is 0 Å². The number of hydrogen-bond acceptors (Lipinski definition) is 1. The van der Waals surface area contributed by atoms with Crippen molar-refractivity contribution < 1.29 is 0 Å². The molecule has 0 aromatic heterocycles. The van der Waals surface area contributed by atoms with Crippen molar-refractivity contribution in [3.8, 4) is 5.81 Å². The van der Waals surface area contributed by atoms with Crippen LogP contribution in [-0.2, 0) is 0 Å². The van der Waals surface area contributed by atoms with Gasteiger partial charge in [0.05, 0.1) is 5.81 Å². The first-order chi connectivity index (χ1) is 2.81. The van der Waals surface area contributed by atoms with Gasteiger partial charge in [-0.25, -0.2) is 0 Å². The van der Waals surface area contributed by atoms with Crippen LogP contribution in [0, 0.1) is 11.1 Å². The van der Waals surface area contributed by atoms with Crippen molar-refractivity contribution in [1.82, 2.24) is 0 Å². The zero-order chi connectivity index (χ0) is 4.99. The molecule has 0 N–H and O–H groups in total. The van der Waals surface area contributed by atoms with Gasteiger partial charge in [0, 0.05) is 0 Å². The Hall–Kier alpha value is -0.0800. The Morgan fingerprint density at radius 1 is 1.83 bits per heavy atom. The Bertz CT molecular complexity index is 64.4. The summed E-state index contributed by atoms with van der Waals surface area (Å²) < 4.78 is 0. The molecule has 0 rings (SSSR count). The minimum absolute atomic E-state index is 0.271. The molecule has 0 saturated heterocycles. The number of nitriles is 1. The third-order valence-corrected chi connectivity index (χ3v) is 1.94. The summed E-state index contributed by atoms with van der Waals surface area (Å²) in [7, 11) is -0.271. The first kappa shape index (κ1) is 5.92. The lowest BCUT2D eigenvalue weighted by Crippen LogP contribution is -1.65. The molecule has 1 unspecified atom stereocenters. The van der Waals surface area contributed by atoms with Crippen molar-refractivity contribution in [1.29, 1.82) is 5.26 Å². The molecule has 0 amide bonds. The third-order valence-electron chi connectivity index (χ3n) is 0.645. The van der Waals surface area contributed by atoms with Crippen LogP contribution in [0.25, 0.3) is 0 Å². The van der Waals surface area contributed by atoms with E-state index in [1.165, 1.54) is 0 Å². The Labute approximate surface area is 39.7 Å². The lowest BCUT2D eigenvalue weighted by Gasteiger charge is -1.88. The number of hydrogen-bond donors (Lipinski definition) is 0. The summed E-state index contributed by atoms with van der Waals surface area (Å²) in [6.07, 6.45) is 1.03. The van der Waals surface area contributed by atoms with Crippen molar-refractivity contribution in [3.63, 3.8) is 0 Å². The maximum atomic E-state index is 8.11. The van der Waals surface area contributed by atoms with E-state index < -0.39 is 0 Å². The molecule has 0 bridgehead atoms.